The molecule has 0 amide bonds. The minimum absolute atomic E-state index is 0.00319. The van der Waals surface area contributed by atoms with Crippen LogP contribution in [0.5, 0.6) is 0 Å². The van der Waals surface area contributed by atoms with E-state index < -0.39 is 30.2 Å². The molecule has 1 fully saturated rings. The molecule has 256 valence electrons. The lowest BCUT2D eigenvalue weighted by atomic mass is 9.88. The molecule has 43 heavy (non-hydrogen) atoms. The van der Waals surface area contributed by atoms with E-state index in [0.29, 0.717) is 13.0 Å². The molecule has 1 rings (SSSR count). The first kappa shape index (κ1) is 40.5. The second-order valence-electron chi connectivity index (χ2n) is 12.8. The molecule has 1 saturated heterocycles. The van der Waals surface area contributed by atoms with Crippen LogP contribution < -0.4 is 0 Å². The van der Waals surface area contributed by atoms with Crippen molar-refractivity contribution in [3.8, 4) is 0 Å². The Kier molecular flexibility index (Phi) is 25.1. The molecule has 1 unspecified atom stereocenters. The van der Waals surface area contributed by atoms with Crippen molar-refractivity contribution in [3.63, 3.8) is 0 Å². The van der Waals surface area contributed by atoms with E-state index in [1.54, 1.807) is 7.11 Å². The SMILES string of the molecule is CCCCCC/C=C\CCCCCCCCCCO[C@@H]1[C@@H](O)[C@H](O)[C@@H](COC)OC1(O)CC[C@@H](CCCCCCC)OC. The fraction of sp³-hybridized carbons (Fsp3) is 0.944. The quantitative estimate of drug-likeness (QED) is 0.0580. The first-order valence-electron chi connectivity index (χ1n) is 18.0. The number of hydrogen-bond acceptors (Lipinski definition) is 7. The normalized spacial score (nSPS) is 25.1. The number of unbranched alkanes of at least 4 members (excludes halogenated alkanes) is 16. The summed E-state index contributed by atoms with van der Waals surface area (Å²) in [5, 5.41) is 33.2. The van der Waals surface area contributed by atoms with Crippen molar-refractivity contribution >= 4 is 0 Å². The van der Waals surface area contributed by atoms with Gasteiger partial charge in [-0.3, -0.25) is 0 Å². The van der Waals surface area contributed by atoms with Crippen LogP contribution in [0.2, 0.25) is 0 Å². The van der Waals surface area contributed by atoms with Gasteiger partial charge in [0.05, 0.1) is 12.7 Å². The first-order valence-corrected chi connectivity index (χ1v) is 18.0. The molecule has 7 nitrogen and oxygen atoms in total. The summed E-state index contributed by atoms with van der Waals surface area (Å²) < 4.78 is 22.9. The van der Waals surface area contributed by atoms with Crippen LogP contribution >= 0.6 is 0 Å². The van der Waals surface area contributed by atoms with Gasteiger partial charge in [0.2, 0.25) is 0 Å². The van der Waals surface area contributed by atoms with Gasteiger partial charge in [-0.25, -0.2) is 0 Å². The Hall–Kier alpha value is -0.540. The van der Waals surface area contributed by atoms with Gasteiger partial charge in [0.25, 0.3) is 0 Å². The van der Waals surface area contributed by atoms with Crippen molar-refractivity contribution in [1.29, 1.82) is 0 Å². The minimum atomic E-state index is -1.72. The van der Waals surface area contributed by atoms with Crippen molar-refractivity contribution in [2.24, 2.45) is 0 Å². The highest BCUT2D eigenvalue weighted by Crippen LogP contribution is 2.35. The standard InChI is InChI=1S/C36H70O7/c1-5-7-9-11-12-13-14-15-16-17-18-19-20-21-23-25-29-42-35-34(38)33(37)32(30-40-3)43-36(35,39)28-27-31(41-4)26-24-22-10-8-6-2/h13-14,31-35,37-39H,5-12,15-30H2,1-4H3/b14-13-/t31-,32-,33-,34+,35-,36?/m1/s1. The Morgan fingerprint density at radius 1 is 0.698 bits per heavy atom. The van der Waals surface area contributed by atoms with Gasteiger partial charge in [0.15, 0.2) is 5.79 Å². The second kappa shape index (κ2) is 26.7. The number of ether oxygens (including phenoxy) is 4. The first-order chi connectivity index (χ1) is 20.9. The molecular formula is C36H70O7. The summed E-state index contributed by atoms with van der Waals surface area (Å²) in [6, 6.07) is 0. The van der Waals surface area contributed by atoms with Crippen molar-refractivity contribution in [1.82, 2.24) is 0 Å². The summed E-state index contributed by atoms with van der Waals surface area (Å²) in [6.07, 6.45) is 25.4. The van der Waals surface area contributed by atoms with Gasteiger partial charge in [0.1, 0.15) is 24.4 Å². The van der Waals surface area contributed by atoms with E-state index in [1.165, 1.54) is 103 Å². The van der Waals surface area contributed by atoms with E-state index in [0.717, 1.165) is 32.1 Å². The van der Waals surface area contributed by atoms with Crippen LogP contribution in [0.25, 0.3) is 0 Å². The van der Waals surface area contributed by atoms with Gasteiger partial charge in [-0.1, -0.05) is 116 Å². The molecule has 0 spiro atoms. The van der Waals surface area contributed by atoms with Crippen LogP contribution in [0.4, 0.5) is 0 Å². The number of methoxy groups -OCH3 is 2. The average Bonchev–Trinajstić information content (AvgIpc) is 3.00. The number of aliphatic hydroxyl groups is 3. The van der Waals surface area contributed by atoms with Gasteiger partial charge in [0, 0.05) is 27.2 Å². The Balaban J connectivity index is 2.36. The van der Waals surface area contributed by atoms with Crippen LogP contribution in [0.1, 0.15) is 155 Å². The summed E-state index contributed by atoms with van der Waals surface area (Å²) in [5.74, 6) is -1.72. The molecule has 6 atom stereocenters. The summed E-state index contributed by atoms with van der Waals surface area (Å²) in [6.45, 7) is 4.95. The minimum Gasteiger partial charge on any atom is -0.387 e. The largest absolute Gasteiger partial charge is 0.387 e. The van der Waals surface area contributed by atoms with Crippen LogP contribution in [-0.2, 0) is 18.9 Å². The molecule has 0 aliphatic carbocycles. The van der Waals surface area contributed by atoms with Gasteiger partial charge in [-0.05, 0) is 44.9 Å². The molecule has 1 aliphatic heterocycles. The molecule has 0 aromatic heterocycles. The lowest BCUT2D eigenvalue weighted by Gasteiger charge is -2.48. The van der Waals surface area contributed by atoms with Gasteiger partial charge < -0.3 is 34.3 Å². The van der Waals surface area contributed by atoms with Crippen molar-refractivity contribution < 1.29 is 34.3 Å². The summed E-state index contributed by atoms with van der Waals surface area (Å²) in [4.78, 5) is 0. The van der Waals surface area contributed by atoms with E-state index >= 15 is 0 Å². The summed E-state index contributed by atoms with van der Waals surface area (Å²) >= 11 is 0. The fourth-order valence-electron chi connectivity index (χ4n) is 6.07. The van der Waals surface area contributed by atoms with Crippen molar-refractivity contribution in [3.05, 3.63) is 12.2 Å². The molecule has 3 N–H and O–H groups in total. The molecule has 1 aliphatic rings. The molecular weight excluding hydrogens is 544 g/mol. The molecule has 0 aromatic carbocycles. The third-order valence-electron chi connectivity index (χ3n) is 8.91. The van der Waals surface area contributed by atoms with E-state index in [1.807, 2.05) is 0 Å². The van der Waals surface area contributed by atoms with Crippen LogP contribution in [0.3, 0.4) is 0 Å². The molecule has 0 aromatic rings. The zero-order valence-electron chi connectivity index (χ0n) is 28.5. The molecule has 0 radical (unpaired) electrons. The maximum Gasteiger partial charge on any atom is 0.195 e. The van der Waals surface area contributed by atoms with Crippen LogP contribution in [0.15, 0.2) is 12.2 Å². The zero-order valence-corrected chi connectivity index (χ0v) is 28.5. The average molecular weight is 615 g/mol. The number of allylic oxidation sites excluding steroid dienone is 2. The molecule has 1 heterocycles. The van der Waals surface area contributed by atoms with Gasteiger partial charge >= 0.3 is 0 Å². The van der Waals surface area contributed by atoms with Crippen molar-refractivity contribution in [2.45, 2.75) is 191 Å². The highest BCUT2D eigenvalue weighted by atomic mass is 16.7. The summed E-state index contributed by atoms with van der Waals surface area (Å²) in [5.41, 5.74) is 0. The van der Waals surface area contributed by atoms with E-state index in [2.05, 4.69) is 26.0 Å². The van der Waals surface area contributed by atoms with E-state index in [-0.39, 0.29) is 19.1 Å². The Morgan fingerprint density at radius 2 is 1.23 bits per heavy atom. The maximum absolute atomic E-state index is 11.6. The lowest BCUT2D eigenvalue weighted by Crippen LogP contribution is -2.66. The number of aliphatic hydroxyl groups excluding tert-OH is 2. The molecule has 7 heteroatoms. The van der Waals surface area contributed by atoms with Crippen LogP contribution in [0, 0.1) is 0 Å². The molecule has 0 bridgehead atoms. The molecule has 0 saturated carbocycles. The van der Waals surface area contributed by atoms with Gasteiger partial charge in [-0.2, -0.15) is 0 Å². The lowest BCUT2D eigenvalue weighted by molar-refractivity contribution is -0.360. The highest BCUT2D eigenvalue weighted by Gasteiger charge is 2.53. The predicted octanol–water partition coefficient (Wildman–Crippen LogP) is 8.02. The number of rotatable bonds is 29. The zero-order chi connectivity index (χ0) is 31.6. The predicted molar refractivity (Wildman–Crippen MR) is 176 cm³/mol. The van der Waals surface area contributed by atoms with Crippen molar-refractivity contribution in [2.75, 3.05) is 27.4 Å². The maximum atomic E-state index is 11.6. The van der Waals surface area contributed by atoms with E-state index in [4.69, 9.17) is 18.9 Å². The third kappa shape index (κ3) is 18.3. The van der Waals surface area contributed by atoms with Crippen LogP contribution in [-0.4, -0.2) is 79.1 Å². The number of hydrogen-bond donors (Lipinski definition) is 3. The van der Waals surface area contributed by atoms with Gasteiger partial charge in [-0.15, -0.1) is 0 Å². The third-order valence-corrected chi connectivity index (χ3v) is 8.91. The smallest absolute Gasteiger partial charge is 0.195 e. The fourth-order valence-corrected chi connectivity index (χ4v) is 6.07. The Labute approximate surface area is 265 Å². The monoisotopic (exact) mass is 615 g/mol. The highest BCUT2D eigenvalue weighted by molar-refractivity contribution is 4.97. The van der Waals surface area contributed by atoms with E-state index in [9.17, 15) is 15.3 Å². The summed E-state index contributed by atoms with van der Waals surface area (Å²) in [7, 11) is 3.22. The Morgan fingerprint density at radius 3 is 1.81 bits per heavy atom. The second-order valence-corrected chi connectivity index (χ2v) is 12.8. The topological polar surface area (TPSA) is 97.6 Å². The Bertz CT molecular complexity index is 645.